The van der Waals surface area contributed by atoms with Gasteiger partial charge in [-0.15, -0.1) is 11.3 Å². The van der Waals surface area contributed by atoms with Gasteiger partial charge in [-0.3, -0.25) is 4.79 Å². The molecule has 1 heterocycles. The van der Waals surface area contributed by atoms with Crippen LogP contribution in [0.3, 0.4) is 0 Å². The lowest BCUT2D eigenvalue weighted by Gasteiger charge is -2.11. The van der Waals surface area contributed by atoms with E-state index < -0.39 is 0 Å². The van der Waals surface area contributed by atoms with Crippen LogP contribution in [0, 0.1) is 11.3 Å². The van der Waals surface area contributed by atoms with Crippen molar-refractivity contribution in [2.45, 2.75) is 0 Å². The average Bonchev–Trinajstić information content (AvgIpc) is 2.60. The zero-order valence-electron chi connectivity index (χ0n) is 13.4. The molecule has 0 amide bonds. The van der Waals surface area contributed by atoms with Crippen molar-refractivity contribution in [1.82, 2.24) is 4.98 Å². The van der Waals surface area contributed by atoms with Gasteiger partial charge in [0.05, 0.1) is 11.0 Å². The quantitative estimate of drug-likeness (QED) is 0.684. The number of nitrogens with zero attached hydrogens (tertiary/aromatic N) is 3. The van der Waals surface area contributed by atoms with Crippen LogP contribution in [-0.4, -0.2) is 19.1 Å². The van der Waals surface area contributed by atoms with Crippen LogP contribution < -0.4 is 10.5 Å². The maximum absolute atomic E-state index is 12.1. The first-order chi connectivity index (χ1) is 11.6. The first kappa shape index (κ1) is 15.9. The largest absolute Gasteiger partial charge is 0.378 e. The first-order valence-corrected chi connectivity index (χ1v) is 8.19. The van der Waals surface area contributed by atoms with Crippen LogP contribution in [0.4, 0.5) is 5.69 Å². The zero-order valence-corrected chi connectivity index (χ0v) is 14.2. The van der Waals surface area contributed by atoms with Crippen molar-refractivity contribution in [3.05, 3.63) is 69.5 Å². The lowest BCUT2D eigenvalue weighted by atomic mass is 10.1. The molecule has 2 aromatic carbocycles. The molecule has 0 atom stereocenters. The Balaban J connectivity index is 2.05. The second kappa shape index (κ2) is 6.65. The van der Waals surface area contributed by atoms with E-state index in [9.17, 15) is 10.1 Å². The molecule has 3 aromatic rings. The van der Waals surface area contributed by atoms with E-state index in [0.717, 1.165) is 16.0 Å². The molecule has 0 fully saturated rings. The lowest BCUT2D eigenvalue weighted by molar-refractivity contribution is 1.13. The van der Waals surface area contributed by atoms with E-state index >= 15 is 0 Å². The summed E-state index contributed by atoms with van der Waals surface area (Å²) in [6.07, 6.45) is 1.76. The molecule has 0 N–H and O–H groups in total. The van der Waals surface area contributed by atoms with Gasteiger partial charge in [-0.05, 0) is 35.9 Å². The third-order valence-corrected chi connectivity index (χ3v) is 4.68. The number of anilines is 1. The summed E-state index contributed by atoms with van der Waals surface area (Å²) in [5.41, 5.74) is 2.06. The van der Waals surface area contributed by atoms with Crippen LogP contribution in [0.15, 0.2) is 53.3 Å². The molecule has 0 bridgehead atoms. The van der Waals surface area contributed by atoms with Crippen LogP contribution in [0.1, 0.15) is 10.6 Å². The second-order valence-corrected chi connectivity index (χ2v) is 6.51. The van der Waals surface area contributed by atoms with Crippen molar-refractivity contribution >= 4 is 38.8 Å². The normalized spacial score (nSPS) is 11.3. The summed E-state index contributed by atoms with van der Waals surface area (Å²) in [6, 6.07) is 17.3. The van der Waals surface area contributed by atoms with E-state index in [1.54, 1.807) is 12.1 Å². The van der Waals surface area contributed by atoms with Gasteiger partial charge in [0.25, 0.3) is 5.56 Å². The van der Waals surface area contributed by atoms with E-state index in [4.69, 9.17) is 0 Å². The number of benzene rings is 2. The maximum Gasteiger partial charge on any atom is 0.279 e. The highest BCUT2D eigenvalue weighted by Gasteiger charge is 2.09. The minimum absolute atomic E-state index is 0.302. The number of hydrogen-bond acceptors (Lipinski definition) is 5. The third-order valence-electron chi connectivity index (χ3n) is 3.60. The molecule has 0 aliphatic carbocycles. The van der Waals surface area contributed by atoms with E-state index in [1.807, 2.05) is 61.5 Å². The van der Waals surface area contributed by atoms with Crippen molar-refractivity contribution in [3.8, 4) is 6.07 Å². The molecular formula is C19H15N3OS. The molecule has 0 unspecified atom stereocenters. The Morgan fingerprint density at radius 3 is 2.54 bits per heavy atom. The summed E-state index contributed by atoms with van der Waals surface area (Å²) < 4.78 is 0.830. The van der Waals surface area contributed by atoms with E-state index in [1.165, 1.54) is 11.3 Å². The zero-order chi connectivity index (χ0) is 17.1. The van der Waals surface area contributed by atoms with Gasteiger partial charge in [-0.1, -0.05) is 24.3 Å². The summed E-state index contributed by atoms with van der Waals surface area (Å²) >= 11 is 1.35. The van der Waals surface area contributed by atoms with E-state index in [-0.39, 0.29) is 5.56 Å². The van der Waals surface area contributed by atoms with Gasteiger partial charge in [-0.2, -0.15) is 10.2 Å². The minimum atomic E-state index is -0.302. The Labute approximate surface area is 143 Å². The fraction of sp³-hybridized carbons (Fsp3) is 0.105. The Morgan fingerprint density at radius 2 is 1.88 bits per heavy atom. The number of nitriles is 1. The van der Waals surface area contributed by atoms with Gasteiger partial charge in [-0.25, -0.2) is 0 Å². The molecule has 0 saturated heterocycles. The molecule has 118 valence electrons. The van der Waals surface area contributed by atoms with Gasteiger partial charge < -0.3 is 4.90 Å². The minimum Gasteiger partial charge on any atom is -0.378 e. The Kier molecular flexibility index (Phi) is 4.41. The molecule has 24 heavy (non-hydrogen) atoms. The van der Waals surface area contributed by atoms with Crippen LogP contribution in [0.2, 0.25) is 0 Å². The molecule has 1 aromatic heterocycles. The highest BCUT2D eigenvalue weighted by atomic mass is 32.1. The van der Waals surface area contributed by atoms with Crippen LogP contribution in [-0.2, 0) is 0 Å². The SMILES string of the molecule is CN(C)c1ccc(/C=C(\C#N)c2nc(=O)c3ccccc3s2)cc1. The fourth-order valence-corrected chi connectivity index (χ4v) is 3.27. The van der Waals surface area contributed by atoms with Gasteiger partial charge in [0.15, 0.2) is 0 Å². The third kappa shape index (κ3) is 3.19. The van der Waals surface area contributed by atoms with Crippen molar-refractivity contribution in [2.24, 2.45) is 0 Å². The number of allylic oxidation sites excluding steroid dienone is 1. The summed E-state index contributed by atoms with van der Waals surface area (Å²) in [5.74, 6) is 0. The summed E-state index contributed by atoms with van der Waals surface area (Å²) in [4.78, 5) is 18.2. The van der Waals surface area contributed by atoms with Crippen molar-refractivity contribution in [1.29, 1.82) is 5.26 Å². The van der Waals surface area contributed by atoms with Gasteiger partial charge in [0.2, 0.25) is 0 Å². The Hall–Kier alpha value is -2.97. The maximum atomic E-state index is 12.1. The van der Waals surface area contributed by atoms with Gasteiger partial charge in [0.1, 0.15) is 11.1 Å². The van der Waals surface area contributed by atoms with Crippen molar-refractivity contribution in [2.75, 3.05) is 19.0 Å². The predicted molar refractivity (Wildman–Crippen MR) is 100 cm³/mol. The number of fused-ring (bicyclic) bond motifs is 1. The van der Waals surface area contributed by atoms with E-state index in [2.05, 4.69) is 11.1 Å². The smallest absolute Gasteiger partial charge is 0.279 e. The topological polar surface area (TPSA) is 57.0 Å². The fourth-order valence-electron chi connectivity index (χ4n) is 2.30. The first-order valence-electron chi connectivity index (χ1n) is 7.38. The highest BCUT2D eigenvalue weighted by molar-refractivity contribution is 7.19. The molecule has 0 spiro atoms. The molecule has 0 aliphatic heterocycles. The molecule has 0 radical (unpaired) electrons. The lowest BCUT2D eigenvalue weighted by Crippen LogP contribution is -2.08. The molecule has 0 saturated carbocycles. The molecule has 0 aliphatic rings. The van der Waals surface area contributed by atoms with Crippen molar-refractivity contribution in [3.63, 3.8) is 0 Å². The molecular weight excluding hydrogens is 318 g/mol. The van der Waals surface area contributed by atoms with Crippen LogP contribution in [0.5, 0.6) is 0 Å². The van der Waals surface area contributed by atoms with E-state index in [0.29, 0.717) is 16.0 Å². The summed E-state index contributed by atoms with van der Waals surface area (Å²) in [7, 11) is 3.95. The standard InChI is InChI=1S/C19H15N3OS/c1-22(2)15-9-7-13(8-10-15)11-14(12-20)19-21-18(23)16-5-3-4-6-17(16)24-19/h3-11H,1-2H3/b14-11+. The summed E-state index contributed by atoms with van der Waals surface area (Å²) in [5, 5.41) is 10.5. The number of aromatic nitrogens is 1. The molecule has 5 heteroatoms. The molecule has 4 nitrogen and oxygen atoms in total. The van der Waals surface area contributed by atoms with Gasteiger partial charge >= 0.3 is 0 Å². The monoisotopic (exact) mass is 333 g/mol. The average molecular weight is 333 g/mol. The second-order valence-electron chi connectivity index (χ2n) is 5.48. The number of rotatable bonds is 3. The Bertz CT molecular complexity index is 1010. The molecule has 3 rings (SSSR count). The van der Waals surface area contributed by atoms with Crippen LogP contribution >= 0.6 is 11.3 Å². The van der Waals surface area contributed by atoms with Crippen LogP contribution in [0.25, 0.3) is 21.7 Å². The predicted octanol–water partition coefficient (Wildman–Crippen LogP) is 3.79. The number of hydrogen-bond donors (Lipinski definition) is 0. The van der Waals surface area contributed by atoms with Gasteiger partial charge in [0, 0.05) is 24.5 Å². The highest BCUT2D eigenvalue weighted by Crippen LogP contribution is 2.24. The summed E-state index contributed by atoms with van der Waals surface area (Å²) in [6.45, 7) is 0. The Morgan fingerprint density at radius 1 is 1.17 bits per heavy atom. The van der Waals surface area contributed by atoms with Crippen molar-refractivity contribution < 1.29 is 0 Å².